The Hall–Kier alpha value is -3.28. The van der Waals surface area contributed by atoms with Gasteiger partial charge < -0.3 is 20.4 Å². The summed E-state index contributed by atoms with van der Waals surface area (Å²) in [5.41, 5.74) is 2.94. The van der Waals surface area contributed by atoms with Gasteiger partial charge >= 0.3 is 0 Å². The third kappa shape index (κ3) is 3.51. The minimum atomic E-state index is -0.578. The summed E-state index contributed by atoms with van der Waals surface area (Å²) < 4.78 is 5.23. The van der Waals surface area contributed by atoms with E-state index in [2.05, 4.69) is 15.6 Å². The van der Waals surface area contributed by atoms with Crippen molar-refractivity contribution < 1.29 is 14.3 Å². The number of hydrogen-bond donors (Lipinski definition) is 3. The van der Waals surface area contributed by atoms with Crippen LogP contribution in [0.5, 0.6) is 5.75 Å². The van der Waals surface area contributed by atoms with Crippen LogP contribution in [0.4, 0.5) is 0 Å². The minimum absolute atomic E-state index is 0.148. The number of rotatable bonds is 5. The zero-order valence-corrected chi connectivity index (χ0v) is 15.0. The molecule has 1 aliphatic rings. The van der Waals surface area contributed by atoms with Crippen molar-refractivity contribution in [3.63, 3.8) is 0 Å². The lowest BCUT2D eigenvalue weighted by Gasteiger charge is -2.29. The topological polar surface area (TPSA) is 83.2 Å². The van der Waals surface area contributed by atoms with Gasteiger partial charge in [-0.2, -0.15) is 0 Å². The van der Waals surface area contributed by atoms with Gasteiger partial charge in [-0.3, -0.25) is 9.59 Å². The molecule has 27 heavy (non-hydrogen) atoms. The van der Waals surface area contributed by atoms with Gasteiger partial charge in [0.15, 0.2) is 0 Å². The number of piperazine rings is 1. The van der Waals surface area contributed by atoms with E-state index in [-0.39, 0.29) is 11.8 Å². The fourth-order valence-electron chi connectivity index (χ4n) is 3.49. The number of nitrogens with one attached hydrogen (secondary N) is 3. The first kappa shape index (κ1) is 17.1. The summed E-state index contributed by atoms with van der Waals surface area (Å²) >= 11 is 0. The molecule has 0 unspecified atom stereocenters. The van der Waals surface area contributed by atoms with Gasteiger partial charge in [0, 0.05) is 36.0 Å². The SMILES string of the molecule is COc1ccc2c(C[C@@H]3NC(=O)[C@H](Cc4ccccc4)NC3=O)c[nH]c2c1. The maximum absolute atomic E-state index is 12.5. The Bertz CT molecular complexity index is 981. The van der Waals surface area contributed by atoms with Crippen LogP contribution in [0.3, 0.4) is 0 Å². The first-order valence-electron chi connectivity index (χ1n) is 8.92. The van der Waals surface area contributed by atoms with E-state index in [1.807, 2.05) is 54.7 Å². The van der Waals surface area contributed by atoms with E-state index in [0.29, 0.717) is 12.8 Å². The van der Waals surface area contributed by atoms with Gasteiger partial charge in [0.25, 0.3) is 0 Å². The molecule has 2 atom stereocenters. The number of fused-ring (bicyclic) bond motifs is 1. The smallest absolute Gasteiger partial charge is 0.243 e. The molecular weight excluding hydrogens is 342 g/mol. The molecule has 3 N–H and O–H groups in total. The second-order valence-corrected chi connectivity index (χ2v) is 6.74. The maximum Gasteiger partial charge on any atom is 0.243 e. The van der Waals surface area contributed by atoms with Gasteiger partial charge in [-0.15, -0.1) is 0 Å². The van der Waals surface area contributed by atoms with Gasteiger partial charge in [-0.05, 0) is 23.3 Å². The quantitative estimate of drug-likeness (QED) is 0.648. The molecule has 3 aromatic rings. The van der Waals surface area contributed by atoms with Gasteiger partial charge in [0.2, 0.25) is 11.8 Å². The second-order valence-electron chi connectivity index (χ2n) is 6.74. The first-order chi connectivity index (χ1) is 13.1. The lowest BCUT2D eigenvalue weighted by Crippen LogP contribution is -2.62. The number of aromatic nitrogens is 1. The Kier molecular flexibility index (Phi) is 4.54. The van der Waals surface area contributed by atoms with Crippen molar-refractivity contribution in [2.24, 2.45) is 0 Å². The lowest BCUT2D eigenvalue weighted by molar-refractivity contribution is -0.136. The number of amides is 2. The molecule has 2 aromatic carbocycles. The van der Waals surface area contributed by atoms with E-state index < -0.39 is 12.1 Å². The van der Waals surface area contributed by atoms with Gasteiger partial charge in [0.1, 0.15) is 17.8 Å². The van der Waals surface area contributed by atoms with Crippen molar-refractivity contribution in [3.05, 3.63) is 65.9 Å². The van der Waals surface area contributed by atoms with E-state index in [0.717, 1.165) is 27.8 Å². The van der Waals surface area contributed by atoms with Crippen LogP contribution in [-0.4, -0.2) is 36.0 Å². The van der Waals surface area contributed by atoms with Crippen LogP contribution >= 0.6 is 0 Å². The predicted octanol–water partition coefficient (Wildman–Crippen LogP) is 1.94. The monoisotopic (exact) mass is 363 g/mol. The van der Waals surface area contributed by atoms with E-state index in [4.69, 9.17) is 4.74 Å². The summed E-state index contributed by atoms with van der Waals surface area (Å²) in [7, 11) is 1.62. The molecule has 6 heteroatoms. The van der Waals surface area contributed by atoms with Crippen molar-refractivity contribution >= 4 is 22.7 Å². The second kappa shape index (κ2) is 7.15. The highest BCUT2D eigenvalue weighted by Crippen LogP contribution is 2.24. The van der Waals surface area contributed by atoms with Crippen molar-refractivity contribution in [2.75, 3.05) is 7.11 Å². The molecule has 0 saturated carbocycles. The Labute approximate surface area is 156 Å². The number of ether oxygens (including phenoxy) is 1. The van der Waals surface area contributed by atoms with Gasteiger partial charge in [0.05, 0.1) is 7.11 Å². The Morgan fingerprint density at radius 1 is 0.926 bits per heavy atom. The number of carbonyl (C=O) groups is 2. The van der Waals surface area contributed by atoms with E-state index >= 15 is 0 Å². The van der Waals surface area contributed by atoms with Crippen molar-refractivity contribution in [1.29, 1.82) is 0 Å². The molecule has 0 spiro atoms. The van der Waals surface area contributed by atoms with E-state index in [9.17, 15) is 9.59 Å². The Morgan fingerprint density at radius 3 is 2.33 bits per heavy atom. The van der Waals surface area contributed by atoms with Gasteiger partial charge in [-0.25, -0.2) is 0 Å². The lowest BCUT2D eigenvalue weighted by atomic mass is 9.98. The van der Waals surface area contributed by atoms with Crippen LogP contribution < -0.4 is 15.4 Å². The van der Waals surface area contributed by atoms with E-state index in [1.165, 1.54) is 0 Å². The summed E-state index contributed by atoms with van der Waals surface area (Å²) in [6.07, 6.45) is 2.79. The normalized spacial score (nSPS) is 19.6. The number of aromatic amines is 1. The predicted molar refractivity (Wildman–Crippen MR) is 103 cm³/mol. The number of H-pyrrole nitrogens is 1. The maximum atomic E-state index is 12.5. The highest BCUT2D eigenvalue weighted by molar-refractivity contribution is 5.97. The number of methoxy groups -OCH3 is 1. The van der Waals surface area contributed by atoms with Crippen molar-refractivity contribution in [1.82, 2.24) is 15.6 Å². The Balaban J connectivity index is 1.47. The van der Waals surface area contributed by atoms with E-state index in [1.54, 1.807) is 7.11 Å². The molecule has 0 aliphatic carbocycles. The summed E-state index contributed by atoms with van der Waals surface area (Å²) in [6.45, 7) is 0. The Morgan fingerprint density at radius 2 is 1.63 bits per heavy atom. The minimum Gasteiger partial charge on any atom is -0.497 e. The van der Waals surface area contributed by atoms with Crippen LogP contribution in [0.25, 0.3) is 10.9 Å². The molecule has 1 saturated heterocycles. The molecule has 1 aromatic heterocycles. The van der Waals surface area contributed by atoms with Crippen molar-refractivity contribution in [2.45, 2.75) is 24.9 Å². The molecule has 6 nitrogen and oxygen atoms in total. The molecule has 1 fully saturated rings. The fourth-order valence-corrected chi connectivity index (χ4v) is 3.49. The number of hydrogen-bond acceptors (Lipinski definition) is 3. The molecule has 0 radical (unpaired) electrons. The van der Waals surface area contributed by atoms with Crippen LogP contribution in [-0.2, 0) is 22.4 Å². The number of benzene rings is 2. The molecule has 0 bridgehead atoms. The van der Waals surface area contributed by atoms with Gasteiger partial charge in [-0.1, -0.05) is 30.3 Å². The summed E-state index contributed by atoms with van der Waals surface area (Å²) in [5.74, 6) is 0.465. The molecular formula is C21H21N3O3. The molecule has 2 amide bonds. The average Bonchev–Trinajstić information content (AvgIpc) is 3.08. The molecule has 138 valence electrons. The molecule has 2 heterocycles. The molecule has 1 aliphatic heterocycles. The summed E-state index contributed by atoms with van der Waals surface area (Å²) in [4.78, 5) is 28.2. The highest BCUT2D eigenvalue weighted by atomic mass is 16.5. The van der Waals surface area contributed by atoms with Crippen LogP contribution in [0.2, 0.25) is 0 Å². The molecule has 4 rings (SSSR count). The van der Waals surface area contributed by atoms with Crippen LogP contribution in [0.1, 0.15) is 11.1 Å². The highest BCUT2D eigenvalue weighted by Gasteiger charge is 2.33. The third-order valence-electron chi connectivity index (χ3n) is 4.95. The first-order valence-corrected chi connectivity index (χ1v) is 8.92. The summed E-state index contributed by atoms with van der Waals surface area (Å²) in [5, 5.41) is 6.75. The third-order valence-corrected chi connectivity index (χ3v) is 4.95. The standard InChI is InChI=1S/C21H21N3O3/c1-27-15-7-8-16-14(12-22-17(16)11-15)10-19-21(26)23-18(20(25)24-19)9-13-5-3-2-4-6-13/h2-8,11-12,18-19,22H,9-10H2,1H3,(H,23,26)(H,24,25)/t18-,19-/m0/s1. The van der Waals surface area contributed by atoms with Crippen molar-refractivity contribution in [3.8, 4) is 5.75 Å². The van der Waals surface area contributed by atoms with Crippen LogP contribution in [0.15, 0.2) is 54.7 Å². The average molecular weight is 363 g/mol. The van der Waals surface area contributed by atoms with Crippen LogP contribution in [0, 0.1) is 0 Å². The zero-order valence-electron chi connectivity index (χ0n) is 15.0. The largest absolute Gasteiger partial charge is 0.497 e. The summed E-state index contributed by atoms with van der Waals surface area (Å²) in [6, 6.07) is 14.3. The fraction of sp³-hybridized carbons (Fsp3) is 0.238. The number of carbonyl (C=O) groups excluding carboxylic acids is 2. The zero-order chi connectivity index (χ0) is 18.8.